The minimum absolute atomic E-state index is 0.0518. The van der Waals surface area contributed by atoms with Crippen molar-refractivity contribution in [3.05, 3.63) is 72.1 Å². The Morgan fingerprint density at radius 2 is 1.86 bits per heavy atom. The van der Waals surface area contributed by atoms with Gasteiger partial charge in [-0.05, 0) is 23.8 Å². The van der Waals surface area contributed by atoms with E-state index < -0.39 is 0 Å². The minimum atomic E-state index is -0.0518. The molecule has 2 aromatic heterocycles. The predicted octanol–water partition coefficient (Wildman–Crippen LogP) is 3.90. The number of aromatic nitrogens is 2. The van der Waals surface area contributed by atoms with E-state index in [1.165, 1.54) is 0 Å². The van der Waals surface area contributed by atoms with Gasteiger partial charge in [0.1, 0.15) is 5.76 Å². The Balaban J connectivity index is 1.57. The number of guanidine groups is 1. The van der Waals surface area contributed by atoms with Crippen LogP contribution >= 0.6 is 0 Å². The zero-order valence-electron chi connectivity index (χ0n) is 16.9. The molecule has 2 heterocycles. The molecule has 28 heavy (non-hydrogen) atoms. The summed E-state index contributed by atoms with van der Waals surface area (Å²) in [6, 6.07) is 14.2. The quantitative estimate of drug-likeness (QED) is 0.521. The van der Waals surface area contributed by atoms with Gasteiger partial charge in [0.05, 0.1) is 18.4 Å². The van der Waals surface area contributed by atoms with Crippen LogP contribution in [0.1, 0.15) is 38.0 Å². The largest absolute Gasteiger partial charge is 0.443 e. The minimum Gasteiger partial charge on any atom is -0.443 e. The number of nitrogens with zero attached hydrogens (tertiary/aromatic N) is 3. The molecule has 0 spiro atoms. The lowest BCUT2D eigenvalue weighted by molar-refractivity contribution is 0.379. The zero-order valence-corrected chi connectivity index (χ0v) is 16.9. The molecule has 0 atom stereocenters. The zero-order chi connectivity index (χ0) is 20.0. The Morgan fingerprint density at radius 3 is 2.54 bits per heavy atom. The van der Waals surface area contributed by atoms with Crippen LogP contribution in [0.2, 0.25) is 0 Å². The SMILES string of the molecule is CN=C(NCc1cccc(-c2ccccn2)c1)NCc1ncc(C(C)(C)C)o1. The van der Waals surface area contributed by atoms with Crippen LogP contribution in [0.5, 0.6) is 0 Å². The molecule has 0 unspecified atom stereocenters. The van der Waals surface area contributed by atoms with Gasteiger partial charge in [0.25, 0.3) is 0 Å². The van der Waals surface area contributed by atoms with Gasteiger partial charge >= 0.3 is 0 Å². The molecule has 0 aliphatic carbocycles. The summed E-state index contributed by atoms with van der Waals surface area (Å²) in [5.41, 5.74) is 3.16. The second-order valence-electron chi connectivity index (χ2n) is 7.56. The van der Waals surface area contributed by atoms with E-state index in [4.69, 9.17) is 4.42 Å². The molecule has 1 aromatic carbocycles. The van der Waals surface area contributed by atoms with Crippen LogP contribution in [-0.2, 0) is 18.5 Å². The van der Waals surface area contributed by atoms with Crippen molar-refractivity contribution >= 4 is 5.96 Å². The Morgan fingerprint density at radius 1 is 1.04 bits per heavy atom. The first kappa shape index (κ1) is 19.6. The van der Waals surface area contributed by atoms with Crippen LogP contribution in [0, 0.1) is 0 Å². The Bertz CT molecular complexity index is 925. The van der Waals surface area contributed by atoms with E-state index in [9.17, 15) is 0 Å². The highest BCUT2D eigenvalue weighted by Crippen LogP contribution is 2.22. The molecule has 0 fully saturated rings. The Hall–Kier alpha value is -3.15. The van der Waals surface area contributed by atoms with Gasteiger partial charge in [0.2, 0.25) is 5.89 Å². The maximum absolute atomic E-state index is 5.81. The van der Waals surface area contributed by atoms with E-state index in [-0.39, 0.29) is 5.41 Å². The second-order valence-corrected chi connectivity index (χ2v) is 7.56. The number of hydrogen-bond donors (Lipinski definition) is 2. The van der Waals surface area contributed by atoms with E-state index in [0.717, 1.165) is 22.6 Å². The summed E-state index contributed by atoms with van der Waals surface area (Å²) in [5, 5.41) is 6.56. The second kappa shape index (κ2) is 8.69. The summed E-state index contributed by atoms with van der Waals surface area (Å²) in [7, 11) is 1.75. The number of pyridine rings is 1. The molecule has 0 saturated carbocycles. The van der Waals surface area contributed by atoms with Gasteiger partial charge in [-0.15, -0.1) is 0 Å². The third-order valence-electron chi connectivity index (χ3n) is 4.27. The molecular weight excluding hydrogens is 350 g/mol. The first-order chi connectivity index (χ1) is 13.5. The molecule has 0 amide bonds. The highest BCUT2D eigenvalue weighted by molar-refractivity contribution is 5.79. The third kappa shape index (κ3) is 5.19. The molecule has 0 aliphatic rings. The number of benzene rings is 1. The molecule has 2 N–H and O–H groups in total. The van der Waals surface area contributed by atoms with E-state index in [2.05, 4.69) is 64.6 Å². The highest BCUT2D eigenvalue weighted by atomic mass is 16.4. The van der Waals surface area contributed by atoms with Crippen molar-refractivity contribution in [3.63, 3.8) is 0 Å². The lowest BCUT2D eigenvalue weighted by atomic mass is 9.94. The fourth-order valence-corrected chi connectivity index (χ4v) is 2.68. The lowest BCUT2D eigenvalue weighted by Crippen LogP contribution is -2.36. The van der Waals surface area contributed by atoms with Crippen LogP contribution < -0.4 is 10.6 Å². The number of aliphatic imine (C=N–C) groups is 1. The smallest absolute Gasteiger partial charge is 0.213 e. The van der Waals surface area contributed by atoms with Crippen LogP contribution in [0.3, 0.4) is 0 Å². The first-order valence-corrected chi connectivity index (χ1v) is 9.36. The van der Waals surface area contributed by atoms with Crippen LogP contribution in [-0.4, -0.2) is 23.0 Å². The maximum atomic E-state index is 5.81. The predicted molar refractivity (Wildman–Crippen MR) is 112 cm³/mol. The van der Waals surface area contributed by atoms with Gasteiger partial charge in [-0.25, -0.2) is 4.98 Å². The maximum Gasteiger partial charge on any atom is 0.213 e. The molecule has 0 radical (unpaired) electrons. The van der Waals surface area contributed by atoms with Gasteiger partial charge < -0.3 is 15.1 Å². The topological polar surface area (TPSA) is 75.3 Å². The van der Waals surface area contributed by atoms with Gasteiger partial charge in [-0.2, -0.15) is 0 Å². The third-order valence-corrected chi connectivity index (χ3v) is 4.27. The molecule has 0 bridgehead atoms. The van der Waals surface area contributed by atoms with Crippen molar-refractivity contribution in [2.45, 2.75) is 39.3 Å². The molecular formula is C22H27N5O. The average molecular weight is 377 g/mol. The van der Waals surface area contributed by atoms with Crippen LogP contribution in [0.15, 0.2) is 64.3 Å². The van der Waals surface area contributed by atoms with E-state index >= 15 is 0 Å². The van der Waals surface area contributed by atoms with Crippen molar-refractivity contribution in [3.8, 4) is 11.3 Å². The normalized spacial score (nSPS) is 12.1. The summed E-state index contributed by atoms with van der Waals surface area (Å²) in [6.45, 7) is 7.43. The Labute approximate surface area is 166 Å². The number of hydrogen-bond acceptors (Lipinski definition) is 4. The standard InChI is InChI=1S/C22H27N5O/c1-22(2,3)19-14-25-20(28-19)15-27-21(23-4)26-13-16-8-7-9-17(12-16)18-10-5-6-11-24-18/h5-12,14H,13,15H2,1-4H3,(H2,23,26,27). The van der Waals surface area contributed by atoms with Crippen molar-refractivity contribution in [1.82, 2.24) is 20.6 Å². The molecule has 3 rings (SSSR count). The summed E-state index contributed by atoms with van der Waals surface area (Å²) >= 11 is 0. The van der Waals surface area contributed by atoms with E-state index in [1.54, 1.807) is 19.4 Å². The Kier molecular flexibility index (Phi) is 6.09. The summed E-state index contributed by atoms with van der Waals surface area (Å²) < 4.78 is 5.81. The van der Waals surface area contributed by atoms with Gasteiger partial charge in [-0.1, -0.05) is 45.0 Å². The first-order valence-electron chi connectivity index (χ1n) is 9.36. The summed E-state index contributed by atoms with van der Waals surface area (Å²) in [4.78, 5) is 13.0. The molecule has 146 valence electrons. The van der Waals surface area contributed by atoms with Crippen molar-refractivity contribution in [1.29, 1.82) is 0 Å². The van der Waals surface area contributed by atoms with Crippen molar-refractivity contribution < 1.29 is 4.42 Å². The molecule has 0 aliphatic heterocycles. The average Bonchev–Trinajstić information content (AvgIpc) is 3.19. The molecule has 0 saturated heterocycles. The van der Waals surface area contributed by atoms with E-state index in [1.807, 2.05) is 24.3 Å². The van der Waals surface area contributed by atoms with Crippen LogP contribution in [0.25, 0.3) is 11.3 Å². The van der Waals surface area contributed by atoms with E-state index in [0.29, 0.717) is 24.9 Å². The van der Waals surface area contributed by atoms with Crippen LogP contribution in [0.4, 0.5) is 0 Å². The van der Waals surface area contributed by atoms with Crippen molar-refractivity contribution in [2.24, 2.45) is 4.99 Å². The highest BCUT2D eigenvalue weighted by Gasteiger charge is 2.19. The number of rotatable bonds is 5. The number of nitrogens with one attached hydrogen (secondary N) is 2. The summed E-state index contributed by atoms with van der Waals surface area (Å²) in [5.74, 6) is 2.21. The molecule has 6 heteroatoms. The monoisotopic (exact) mass is 377 g/mol. The fraction of sp³-hybridized carbons (Fsp3) is 0.318. The lowest BCUT2D eigenvalue weighted by Gasteiger charge is -2.13. The van der Waals surface area contributed by atoms with Crippen molar-refractivity contribution in [2.75, 3.05) is 7.05 Å². The fourth-order valence-electron chi connectivity index (χ4n) is 2.68. The summed E-state index contributed by atoms with van der Waals surface area (Å²) in [6.07, 6.45) is 3.59. The van der Waals surface area contributed by atoms with Gasteiger partial charge in [0, 0.05) is 30.8 Å². The number of oxazole rings is 1. The molecule has 3 aromatic rings. The van der Waals surface area contributed by atoms with Gasteiger partial charge in [0.15, 0.2) is 5.96 Å². The molecule has 6 nitrogen and oxygen atoms in total. The van der Waals surface area contributed by atoms with Gasteiger partial charge in [-0.3, -0.25) is 9.98 Å².